The zero-order valence-corrected chi connectivity index (χ0v) is 13.0. The van der Waals surface area contributed by atoms with Crippen LogP contribution in [0.15, 0.2) is 15.9 Å². The fourth-order valence-electron chi connectivity index (χ4n) is 2.29. The van der Waals surface area contributed by atoms with Crippen molar-refractivity contribution in [1.29, 1.82) is 0 Å². The molecule has 1 N–H and O–H groups in total. The summed E-state index contributed by atoms with van der Waals surface area (Å²) in [6.45, 7) is 9.19. The van der Waals surface area contributed by atoms with Crippen molar-refractivity contribution in [3.8, 4) is 0 Å². The van der Waals surface area contributed by atoms with Gasteiger partial charge < -0.3 is 5.32 Å². The number of nitrogens with zero attached hydrogens (tertiary/aromatic N) is 1. The fourth-order valence-corrected chi connectivity index (χ4v) is 3.81. The predicted octanol–water partition coefficient (Wildman–Crippen LogP) is 3.33. The van der Waals surface area contributed by atoms with Gasteiger partial charge in [-0.05, 0) is 33.3 Å². The van der Waals surface area contributed by atoms with Gasteiger partial charge in [-0.2, -0.15) is 0 Å². The van der Waals surface area contributed by atoms with Gasteiger partial charge in [-0.1, -0.05) is 20.3 Å². The summed E-state index contributed by atoms with van der Waals surface area (Å²) in [6.07, 6.45) is 1.26. The molecule has 96 valence electrons. The smallest absolute Gasteiger partial charge is 0.0340 e. The zero-order chi connectivity index (χ0) is 12.3. The van der Waals surface area contributed by atoms with Crippen LogP contribution in [0, 0.1) is 5.92 Å². The number of rotatable bonds is 4. The normalized spacial score (nSPS) is 23.8. The molecule has 17 heavy (non-hydrogen) atoms. The van der Waals surface area contributed by atoms with E-state index in [1.54, 1.807) is 0 Å². The topological polar surface area (TPSA) is 15.3 Å². The number of piperazine rings is 1. The largest absolute Gasteiger partial charge is 0.311 e. The monoisotopic (exact) mass is 316 g/mol. The molecule has 0 aromatic carbocycles. The highest BCUT2D eigenvalue weighted by atomic mass is 79.9. The zero-order valence-electron chi connectivity index (χ0n) is 10.6. The van der Waals surface area contributed by atoms with Gasteiger partial charge in [0, 0.05) is 41.6 Å². The van der Waals surface area contributed by atoms with Gasteiger partial charge in [-0.25, -0.2) is 0 Å². The number of hydrogen-bond donors (Lipinski definition) is 1. The minimum absolute atomic E-state index is 0.660. The number of halogens is 1. The van der Waals surface area contributed by atoms with E-state index in [9.17, 15) is 0 Å². The summed E-state index contributed by atoms with van der Waals surface area (Å²) < 4.78 is 1.26. The first kappa shape index (κ1) is 13.5. The van der Waals surface area contributed by atoms with Gasteiger partial charge in [-0.15, -0.1) is 11.3 Å². The Labute approximate surface area is 117 Å². The van der Waals surface area contributed by atoms with Crippen LogP contribution in [0.25, 0.3) is 0 Å². The molecular weight excluding hydrogens is 296 g/mol. The van der Waals surface area contributed by atoms with Crippen molar-refractivity contribution >= 4 is 27.3 Å². The minimum Gasteiger partial charge on any atom is -0.311 e. The second-order valence-electron chi connectivity index (χ2n) is 4.87. The molecule has 2 unspecified atom stereocenters. The maximum Gasteiger partial charge on any atom is 0.0340 e. The Kier molecular flexibility index (Phi) is 5.03. The maximum absolute atomic E-state index is 3.64. The van der Waals surface area contributed by atoms with Crippen molar-refractivity contribution in [3.05, 3.63) is 20.8 Å². The fraction of sp³-hybridized carbons (Fsp3) is 0.692. The summed E-state index contributed by atoms with van der Waals surface area (Å²) in [5.41, 5.74) is 0. The summed E-state index contributed by atoms with van der Waals surface area (Å²) in [5, 5.41) is 5.80. The lowest BCUT2D eigenvalue weighted by Gasteiger charge is -2.36. The van der Waals surface area contributed by atoms with Crippen molar-refractivity contribution in [2.75, 3.05) is 19.6 Å². The highest BCUT2D eigenvalue weighted by Gasteiger charge is 2.23. The van der Waals surface area contributed by atoms with Crippen LogP contribution in [0.5, 0.6) is 0 Å². The molecular formula is C13H21BrN2S. The molecule has 0 spiro atoms. The molecule has 1 aromatic rings. The average Bonchev–Trinajstić information content (AvgIpc) is 2.74. The molecule has 0 aliphatic carbocycles. The van der Waals surface area contributed by atoms with Crippen LogP contribution in [-0.4, -0.2) is 30.6 Å². The molecule has 1 aromatic heterocycles. The summed E-state index contributed by atoms with van der Waals surface area (Å²) in [7, 11) is 0. The van der Waals surface area contributed by atoms with E-state index >= 15 is 0 Å². The molecule has 0 amide bonds. The number of thiophene rings is 1. The SMILES string of the molecule is CCC(C)C1CN(Cc2sccc2Br)CCN1. The second kappa shape index (κ2) is 6.32. The summed E-state index contributed by atoms with van der Waals surface area (Å²) in [5.74, 6) is 0.768. The van der Waals surface area contributed by atoms with E-state index in [1.165, 1.54) is 22.3 Å². The van der Waals surface area contributed by atoms with E-state index in [2.05, 4.69) is 51.4 Å². The van der Waals surface area contributed by atoms with Crippen LogP contribution in [-0.2, 0) is 6.54 Å². The maximum atomic E-state index is 3.64. The molecule has 4 heteroatoms. The van der Waals surface area contributed by atoms with Crippen LogP contribution in [0.2, 0.25) is 0 Å². The summed E-state index contributed by atoms with van der Waals surface area (Å²) >= 11 is 5.47. The Morgan fingerprint density at radius 3 is 3.12 bits per heavy atom. The van der Waals surface area contributed by atoms with E-state index < -0.39 is 0 Å². The second-order valence-corrected chi connectivity index (χ2v) is 6.73. The van der Waals surface area contributed by atoms with Crippen LogP contribution in [0.1, 0.15) is 25.1 Å². The Morgan fingerprint density at radius 2 is 2.47 bits per heavy atom. The van der Waals surface area contributed by atoms with E-state index in [1.807, 2.05) is 11.3 Å². The van der Waals surface area contributed by atoms with Gasteiger partial charge in [0.25, 0.3) is 0 Å². The average molecular weight is 317 g/mol. The third-order valence-electron chi connectivity index (χ3n) is 3.68. The van der Waals surface area contributed by atoms with Crippen LogP contribution in [0.4, 0.5) is 0 Å². The van der Waals surface area contributed by atoms with Crippen LogP contribution >= 0.6 is 27.3 Å². The molecule has 0 saturated carbocycles. The molecule has 1 fully saturated rings. The van der Waals surface area contributed by atoms with Crippen LogP contribution in [0.3, 0.4) is 0 Å². The lowest BCUT2D eigenvalue weighted by molar-refractivity contribution is 0.163. The summed E-state index contributed by atoms with van der Waals surface area (Å²) in [4.78, 5) is 4.03. The molecule has 2 atom stereocenters. The van der Waals surface area contributed by atoms with Gasteiger partial charge >= 0.3 is 0 Å². The summed E-state index contributed by atoms with van der Waals surface area (Å²) in [6, 6.07) is 2.81. The van der Waals surface area contributed by atoms with Crippen molar-refractivity contribution in [2.45, 2.75) is 32.9 Å². The van der Waals surface area contributed by atoms with Crippen molar-refractivity contribution in [1.82, 2.24) is 10.2 Å². The molecule has 0 bridgehead atoms. The van der Waals surface area contributed by atoms with Gasteiger partial charge in [-0.3, -0.25) is 4.90 Å². The Morgan fingerprint density at radius 1 is 1.65 bits per heavy atom. The predicted molar refractivity (Wildman–Crippen MR) is 78.5 cm³/mol. The van der Waals surface area contributed by atoms with E-state index in [4.69, 9.17) is 0 Å². The molecule has 2 heterocycles. The highest BCUT2D eigenvalue weighted by Crippen LogP contribution is 2.25. The molecule has 2 rings (SSSR count). The Hall–Kier alpha value is 0.1000. The van der Waals surface area contributed by atoms with Gasteiger partial charge in [0.15, 0.2) is 0 Å². The lowest BCUT2D eigenvalue weighted by atomic mass is 9.97. The highest BCUT2D eigenvalue weighted by molar-refractivity contribution is 9.10. The molecule has 2 nitrogen and oxygen atoms in total. The van der Waals surface area contributed by atoms with Gasteiger partial charge in [0.1, 0.15) is 0 Å². The van der Waals surface area contributed by atoms with Gasteiger partial charge in [0.05, 0.1) is 0 Å². The minimum atomic E-state index is 0.660. The van der Waals surface area contributed by atoms with Crippen LogP contribution < -0.4 is 5.32 Å². The first-order valence-corrected chi connectivity index (χ1v) is 8.05. The van der Waals surface area contributed by atoms with Gasteiger partial charge in [0.2, 0.25) is 0 Å². The number of hydrogen-bond acceptors (Lipinski definition) is 3. The van der Waals surface area contributed by atoms with E-state index in [-0.39, 0.29) is 0 Å². The lowest BCUT2D eigenvalue weighted by Crippen LogP contribution is -2.52. The standard InChI is InChI=1S/C13H21BrN2S/c1-3-10(2)12-8-16(6-5-15-12)9-13-11(14)4-7-17-13/h4,7,10,12,15H,3,5-6,8-9H2,1-2H3. The third-order valence-corrected chi connectivity index (χ3v) is 5.59. The first-order chi connectivity index (χ1) is 8.20. The van der Waals surface area contributed by atoms with E-state index in [0.717, 1.165) is 25.6 Å². The Bertz CT molecular complexity index is 353. The molecule has 0 radical (unpaired) electrons. The van der Waals surface area contributed by atoms with E-state index in [0.29, 0.717) is 6.04 Å². The quantitative estimate of drug-likeness (QED) is 0.916. The van der Waals surface area contributed by atoms with Crippen molar-refractivity contribution < 1.29 is 0 Å². The number of nitrogens with one attached hydrogen (secondary N) is 1. The first-order valence-electron chi connectivity index (χ1n) is 6.38. The molecule has 1 saturated heterocycles. The van der Waals surface area contributed by atoms with Crippen molar-refractivity contribution in [3.63, 3.8) is 0 Å². The van der Waals surface area contributed by atoms with Crippen molar-refractivity contribution in [2.24, 2.45) is 5.92 Å². The molecule has 1 aliphatic rings. The third kappa shape index (κ3) is 3.53. The molecule has 1 aliphatic heterocycles. The Balaban J connectivity index is 1.91.